The van der Waals surface area contributed by atoms with Crippen molar-refractivity contribution in [2.75, 3.05) is 18.9 Å². The summed E-state index contributed by atoms with van der Waals surface area (Å²) in [6, 6.07) is 7.69. The maximum Gasteiger partial charge on any atom is 0.320 e. The number of amides is 1. The number of anilines is 1. The van der Waals surface area contributed by atoms with Crippen molar-refractivity contribution in [1.29, 1.82) is 5.26 Å². The van der Waals surface area contributed by atoms with Crippen molar-refractivity contribution in [2.24, 2.45) is 0 Å². The van der Waals surface area contributed by atoms with Gasteiger partial charge in [-0.1, -0.05) is 0 Å². The molecule has 0 spiro atoms. The number of nitrogens with one attached hydrogen (secondary N) is 1. The number of carbonyl (C=O) groups excluding carboxylic acids is 1. The number of aliphatic carboxylic acids is 1. The normalized spacial score (nSPS) is 11.7. The first-order chi connectivity index (χ1) is 8.93. The van der Waals surface area contributed by atoms with E-state index in [0.29, 0.717) is 11.3 Å². The van der Waals surface area contributed by atoms with Crippen molar-refractivity contribution in [3.8, 4) is 6.07 Å². The smallest absolute Gasteiger partial charge is 0.320 e. The van der Waals surface area contributed by atoms with Crippen LogP contribution in [0.2, 0.25) is 0 Å². The van der Waals surface area contributed by atoms with Crippen LogP contribution in [0.15, 0.2) is 24.3 Å². The summed E-state index contributed by atoms with van der Waals surface area (Å²) < 4.78 is 0. The Balaban J connectivity index is 2.55. The number of likely N-dealkylation sites (N-methyl/N-ethyl adjacent to an activating group) is 1. The summed E-state index contributed by atoms with van der Waals surface area (Å²) in [6.07, 6.45) is 0. The van der Waals surface area contributed by atoms with Crippen molar-refractivity contribution in [1.82, 2.24) is 4.90 Å². The first-order valence-electron chi connectivity index (χ1n) is 5.67. The summed E-state index contributed by atoms with van der Waals surface area (Å²) in [5.41, 5.74) is 1.08. The largest absolute Gasteiger partial charge is 0.480 e. The van der Waals surface area contributed by atoms with E-state index in [1.807, 2.05) is 6.07 Å². The number of carboxylic acids is 1. The molecule has 1 amide bonds. The topological polar surface area (TPSA) is 93.4 Å². The Morgan fingerprint density at radius 3 is 2.47 bits per heavy atom. The third kappa shape index (κ3) is 4.41. The van der Waals surface area contributed by atoms with Crippen LogP contribution >= 0.6 is 0 Å². The Kier molecular flexibility index (Phi) is 5.03. The van der Waals surface area contributed by atoms with Gasteiger partial charge in [0, 0.05) is 5.69 Å². The lowest BCUT2D eigenvalue weighted by Gasteiger charge is -2.20. The van der Waals surface area contributed by atoms with E-state index in [4.69, 9.17) is 10.4 Å². The van der Waals surface area contributed by atoms with Crippen LogP contribution in [0.4, 0.5) is 5.69 Å². The molecule has 1 aromatic carbocycles. The quantitative estimate of drug-likeness (QED) is 0.821. The van der Waals surface area contributed by atoms with E-state index in [-0.39, 0.29) is 12.5 Å². The highest BCUT2D eigenvalue weighted by atomic mass is 16.4. The molecule has 0 saturated carbocycles. The van der Waals surface area contributed by atoms with Gasteiger partial charge in [0.15, 0.2) is 0 Å². The molecule has 1 atom stereocenters. The molecule has 6 nitrogen and oxygen atoms in total. The second-order valence-electron chi connectivity index (χ2n) is 4.17. The SMILES string of the molecule is CC(C(=O)O)N(C)CC(=O)Nc1ccc(C#N)cc1. The van der Waals surface area contributed by atoms with Crippen molar-refractivity contribution in [2.45, 2.75) is 13.0 Å². The molecule has 100 valence electrons. The number of carbonyl (C=O) groups is 2. The average Bonchev–Trinajstić information content (AvgIpc) is 2.38. The van der Waals surface area contributed by atoms with Gasteiger partial charge in [-0.2, -0.15) is 5.26 Å². The number of hydrogen-bond donors (Lipinski definition) is 2. The Bertz CT molecular complexity index is 505. The molecule has 1 unspecified atom stereocenters. The Morgan fingerprint density at radius 2 is 2.00 bits per heavy atom. The summed E-state index contributed by atoms with van der Waals surface area (Å²) in [7, 11) is 1.57. The van der Waals surface area contributed by atoms with Crippen LogP contribution in [0.25, 0.3) is 0 Å². The maximum absolute atomic E-state index is 11.7. The lowest BCUT2D eigenvalue weighted by atomic mass is 10.2. The van der Waals surface area contributed by atoms with Gasteiger partial charge in [0.2, 0.25) is 5.91 Å². The summed E-state index contributed by atoms with van der Waals surface area (Å²) in [4.78, 5) is 23.9. The molecular weight excluding hydrogens is 246 g/mol. The molecule has 6 heteroatoms. The number of nitriles is 1. The van der Waals surface area contributed by atoms with E-state index in [1.54, 1.807) is 31.3 Å². The van der Waals surface area contributed by atoms with E-state index in [1.165, 1.54) is 11.8 Å². The molecule has 0 fully saturated rings. The summed E-state index contributed by atoms with van der Waals surface area (Å²) in [5.74, 6) is -1.28. The molecule has 0 aliphatic rings. The van der Waals surface area contributed by atoms with Crippen molar-refractivity contribution in [3.05, 3.63) is 29.8 Å². The lowest BCUT2D eigenvalue weighted by molar-refractivity contribution is -0.142. The molecule has 19 heavy (non-hydrogen) atoms. The summed E-state index contributed by atoms with van der Waals surface area (Å²) >= 11 is 0. The van der Waals surface area contributed by atoms with Crippen molar-refractivity contribution in [3.63, 3.8) is 0 Å². The number of rotatable bonds is 5. The molecular formula is C13H15N3O3. The number of hydrogen-bond acceptors (Lipinski definition) is 4. The summed E-state index contributed by atoms with van der Waals surface area (Å²) in [6.45, 7) is 1.49. The first kappa shape index (κ1) is 14.7. The Morgan fingerprint density at radius 1 is 1.42 bits per heavy atom. The van der Waals surface area contributed by atoms with Gasteiger partial charge in [-0.25, -0.2) is 0 Å². The minimum Gasteiger partial charge on any atom is -0.480 e. The second-order valence-corrected chi connectivity index (χ2v) is 4.17. The zero-order valence-electron chi connectivity index (χ0n) is 10.8. The number of benzene rings is 1. The Hall–Kier alpha value is -2.39. The van der Waals surface area contributed by atoms with Gasteiger partial charge < -0.3 is 10.4 Å². The van der Waals surface area contributed by atoms with Gasteiger partial charge in [0.05, 0.1) is 18.2 Å². The molecule has 0 saturated heterocycles. The van der Waals surface area contributed by atoms with Gasteiger partial charge in [0.1, 0.15) is 6.04 Å². The standard InChI is InChI=1S/C13H15N3O3/c1-9(13(18)19)16(2)8-12(17)15-11-5-3-10(7-14)4-6-11/h3-6,9H,8H2,1-2H3,(H,15,17)(H,18,19). The van der Waals surface area contributed by atoms with Crippen LogP contribution in [0.5, 0.6) is 0 Å². The summed E-state index contributed by atoms with van der Waals surface area (Å²) in [5, 5.41) is 20.1. The van der Waals surface area contributed by atoms with Gasteiger partial charge in [-0.3, -0.25) is 14.5 Å². The Labute approximate surface area is 111 Å². The molecule has 0 radical (unpaired) electrons. The monoisotopic (exact) mass is 261 g/mol. The van der Waals surface area contributed by atoms with Crippen LogP contribution in [0.3, 0.4) is 0 Å². The highest BCUT2D eigenvalue weighted by Gasteiger charge is 2.18. The van der Waals surface area contributed by atoms with Crippen molar-refractivity contribution >= 4 is 17.6 Å². The fraction of sp³-hybridized carbons (Fsp3) is 0.308. The van der Waals surface area contributed by atoms with E-state index in [9.17, 15) is 9.59 Å². The minimum atomic E-state index is -0.978. The highest BCUT2D eigenvalue weighted by molar-refractivity contribution is 5.92. The maximum atomic E-state index is 11.7. The van der Waals surface area contributed by atoms with Gasteiger partial charge in [0.25, 0.3) is 0 Å². The molecule has 2 N–H and O–H groups in total. The molecule has 1 aromatic rings. The van der Waals surface area contributed by atoms with Crippen LogP contribution < -0.4 is 5.32 Å². The van der Waals surface area contributed by atoms with Crippen molar-refractivity contribution < 1.29 is 14.7 Å². The fourth-order valence-corrected chi connectivity index (χ4v) is 1.38. The second kappa shape index (κ2) is 6.52. The predicted molar refractivity (Wildman–Crippen MR) is 69.5 cm³/mol. The van der Waals surface area contributed by atoms with Crippen LogP contribution in [0, 0.1) is 11.3 Å². The zero-order chi connectivity index (χ0) is 14.4. The molecule has 0 aromatic heterocycles. The first-order valence-corrected chi connectivity index (χ1v) is 5.67. The average molecular weight is 261 g/mol. The van der Waals surface area contributed by atoms with E-state index in [2.05, 4.69) is 5.32 Å². The zero-order valence-corrected chi connectivity index (χ0v) is 10.8. The molecule has 0 bridgehead atoms. The number of nitrogens with zero attached hydrogens (tertiary/aromatic N) is 2. The molecule has 0 aliphatic carbocycles. The van der Waals surface area contributed by atoms with Gasteiger partial charge in [-0.05, 0) is 38.2 Å². The van der Waals surface area contributed by atoms with Crippen LogP contribution in [-0.2, 0) is 9.59 Å². The third-order valence-electron chi connectivity index (χ3n) is 2.71. The number of carboxylic acid groups (broad SMARTS) is 1. The van der Waals surface area contributed by atoms with Gasteiger partial charge in [-0.15, -0.1) is 0 Å². The minimum absolute atomic E-state index is 0.0204. The fourth-order valence-electron chi connectivity index (χ4n) is 1.38. The van der Waals surface area contributed by atoms with Gasteiger partial charge >= 0.3 is 5.97 Å². The van der Waals surface area contributed by atoms with E-state index >= 15 is 0 Å². The van der Waals surface area contributed by atoms with E-state index < -0.39 is 12.0 Å². The van der Waals surface area contributed by atoms with E-state index in [0.717, 1.165) is 0 Å². The highest BCUT2D eigenvalue weighted by Crippen LogP contribution is 2.08. The predicted octanol–water partition coefficient (Wildman–Crippen LogP) is 0.902. The lowest BCUT2D eigenvalue weighted by Crippen LogP contribution is -2.40. The molecule has 1 rings (SSSR count). The third-order valence-corrected chi connectivity index (χ3v) is 2.71. The van der Waals surface area contributed by atoms with Crippen LogP contribution in [-0.4, -0.2) is 41.5 Å². The molecule has 0 heterocycles. The molecule has 0 aliphatic heterocycles. The van der Waals surface area contributed by atoms with Crippen LogP contribution in [0.1, 0.15) is 12.5 Å².